The molecule has 116 valence electrons. The first kappa shape index (κ1) is 15.5. The summed E-state index contributed by atoms with van der Waals surface area (Å²) >= 11 is 0. The van der Waals surface area contributed by atoms with E-state index in [0.29, 0.717) is 24.6 Å². The van der Waals surface area contributed by atoms with Gasteiger partial charge in [0.25, 0.3) is 5.91 Å². The predicted octanol–water partition coefficient (Wildman–Crippen LogP) is 1.30. The van der Waals surface area contributed by atoms with Crippen LogP contribution in [0, 0.1) is 5.92 Å². The number of rotatable bonds is 4. The average Bonchev–Trinajstić information content (AvgIpc) is 2.91. The van der Waals surface area contributed by atoms with Crippen molar-refractivity contribution in [2.24, 2.45) is 5.92 Å². The van der Waals surface area contributed by atoms with E-state index < -0.39 is 6.04 Å². The van der Waals surface area contributed by atoms with Gasteiger partial charge in [0.05, 0.1) is 11.8 Å². The van der Waals surface area contributed by atoms with Gasteiger partial charge in [-0.05, 0) is 19.3 Å². The molecule has 0 aromatic carbocycles. The highest BCUT2D eigenvalue weighted by Gasteiger charge is 2.35. The van der Waals surface area contributed by atoms with E-state index in [1.807, 2.05) is 11.8 Å². The standard InChI is InChI=1S/C15H24N4O2/c1-5-13-12(8-16-17-13)15(21)19-7-6-18(9-10(2)3)14(20)11(19)4/h8,10-11H,5-7,9H2,1-4H3,(H,16,17). The Balaban J connectivity index is 2.12. The first-order chi connectivity index (χ1) is 9.95. The normalized spacial score (nSPS) is 19.5. The molecule has 1 atom stereocenters. The number of aromatic nitrogens is 2. The van der Waals surface area contributed by atoms with Crippen LogP contribution in [0.4, 0.5) is 0 Å². The van der Waals surface area contributed by atoms with Crippen LogP contribution in [-0.2, 0) is 11.2 Å². The summed E-state index contributed by atoms with van der Waals surface area (Å²) in [6, 6.07) is -0.412. The zero-order valence-corrected chi connectivity index (χ0v) is 13.2. The van der Waals surface area contributed by atoms with Crippen molar-refractivity contribution in [3.05, 3.63) is 17.5 Å². The number of carbonyl (C=O) groups is 2. The lowest BCUT2D eigenvalue weighted by Gasteiger charge is -2.39. The van der Waals surface area contributed by atoms with Gasteiger partial charge in [-0.15, -0.1) is 0 Å². The molecule has 1 aliphatic rings. The molecule has 6 heteroatoms. The Labute approximate surface area is 125 Å². The number of carbonyl (C=O) groups excluding carboxylic acids is 2. The number of hydrogen-bond acceptors (Lipinski definition) is 3. The Bertz CT molecular complexity index is 523. The third kappa shape index (κ3) is 3.09. The minimum atomic E-state index is -0.412. The zero-order valence-electron chi connectivity index (χ0n) is 13.2. The van der Waals surface area contributed by atoms with Crippen LogP contribution >= 0.6 is 0 Å². The van der Waals surface area contributed by atoms with E-state index in [0.717, 1.165) is 18.7 Å². The third-order valence-corrected chi connectivity index (χ3v) is 3.90. The molecule has 0 bridgehead atoms. The SMILES string of the molecule is CCc1[nH]ncc1C(=O)N1CCN(CC(C)C)C(=O)C1C. The topological polar surface area (TPSA) is 69.3 Å². The molecule has 2 amide bonds. The summed E-state index contributed by atoms with van der Waals surface area (Å²) in [6.45, 7) is 9.89. The maximum atomic E-state index is 12.6. The van der Waals surface area contributed by atoms with Gasteiger partial charge >= 0.3 is 0 Å². The minimum absolute atomic E-state index is 0.0323. The third-order valence-electron chi connectivity index (χ3n) is 3.90. The molecule has 0 radical (unpaired) electrons. The van der Waals surface area contributed by atoms with Crippen molar-refractivity contribution < 1.29 is 9.59 Å². The van der Waals surface area contributed by atoms with Crippen molar-refractivity contribution >= 4 is 11.8 Å². The van der Waals surface area contributed by atoms with Gasteiger partial charge in [-0.3, -0.25) is 14.7 Å². The molecule has 0 spiro atoms. The quantitative estimate of drug-likeness (QED) is 0.909. The highest BCUT2D eigenvalue weighted by Crippen LogP contribution is 2.17. The second kappa shape index (κ2) is 6.28. The van der Waals surface area contributed by atoms with Gasteiger partial charge in [0, 0.05) is 25.3 Å². The first-order valence-corrected chi connectivity index (χ1v) is 7.57. The smallest absolute Gasteiger partial charge is 0.258 e. The fraction of sp³-hybridized carbons (Fsp3) is 0.667. The van der Waals surface area contributed by atoms with Gasteiger partial charge in [0.1, 0.15) is 6.04 Å². The molecule has 1 N–H and O–H groups in total. The molecule has 21 heavy (non-hydrogen) atoms. The summed E-state index contributed by atoms with van der Waals surface area (Å²) in [5, 5.41) is 6.78. The van der Waals surface area contributed by atoms with Crippen LogP contribution in [0.5, 0.6) is 0 Å². The van der Waals surface area contributed by atoms with Crippen LogP contribution in [0.15, 0.2) is 6.20 Å². The van der Waals surface area contributed by atoms with Crippen molar-refractivity contribution in [1.82, 2.24) is 20.0 Å². The van der Waals surface area contributed by atoms with E-state index in [2.05, 4.69) is 24.0 Å². The molecule has 2 heterocycles. The fourth-order valence-electron chi connectivity index (χ4n) is 2.75. The van der Waals surface area contributed by atoms with Crippen molar-refractivity contribution in [2.75, 3.05) is 19.6 Å². The summed E-state index contributed by atoms with van der Waals surface area (Å²) in [7, 11) is 0. The van der Waals surface area contributed by atoms with E-state index in [-0.39, 0.29) is 11.8 Å². The summed E-state index contributed by atoms with van der Waals surface area (Å²) in [6.07, 6.45) is 2.27. The molecule has 2 rings (SSSR count). The molecular weight excluding hydrogens is 268 g/mol. The van der Waals surface area contributed by atoms with E-state index in [1.165, 1.54) is 0 Å². The lowest BCUT2D eigenvalue weighted by molar-refractivity contribution is -0.140. The Morgan fingerprint density at radius 3 is 2.81 bits per heavy atom. The van der Waals surface area contributed by atoms with Gasteiger partial charge in [-0.25, -0.2) is 0 Å². The summed E-state index contributed by atoms with van der Waals surface area (Å²) in [4.78, 5) is 28.5. The van der Waals surface area contributed by atoms with Crippen LogP contribution in [0.3, 0.4) is 0 Å². The van der Waals surface area contributed by atoms with E-state index >= 15 is 0 Å². The number of amides is 2. The number of nitrogens with one attached hydrogen (secondary N) is 1. The minimum Gasteiger partial charge on any atom is -0.339 e. The number of aryl methyl sites for hydroxylation is 1. The van der Waals surface area contributed by atoms with Crippen LogP contribution < -0.4 is 0 Å². The van der Waals surface area contributed by atoms with Gasteiger partial charge < -0.3 is 9.80 Å². The largest absolute Gasteiger partial charge is 0.339 e. The number of nitrogens with zero attached hydrogens (tertiary/aromatic N) is 3. The average molecular weight is 292 g/mol. The van der Waals surface area contributed by atoms with E-state index in [1.54, 1.807) is 18.0 Å². The van der Waals surface area contributed by atoms with E-state index in [9.17, 15) is 9.59 Å². The molecule has 1 aromatic rings. The Hall–Kier alpha value is -1.85. The first-order valence-electron chi connectivity index (χ1n) is 7.57. The van der Waals surface area contributed by atoms with Crippen molar-refractivity contribution in [3.63, 3.8) is 0 Å². The molecule has 1 aliphatic heterocycles. The molecule has 1 unspecified atom stereocenters. The maximum Gasteiger partial charge on any atom is 0.258 e. The Kier molecular flexibility index (Phi) is 4.65. The monoisotopic (exact) mass is 292 g/mol. The molecule has 0 saturated carbocycles. The maximum absolute atomic E-state index is 12.6. The number of hydrogen-bond donors (Lipinski definition) is 1. The van der Waals surface area contributed by atoms with Gasteiger partial charge in [0.2, 0.25) is 5.91 Å². The van der Waals surface area contributed by atoms with Crippen LogP contribution in [0.25, 0.3) is 0 Å². The van der Waals surface area contributed by atoms with Crippen molar-refractivity contribution in [2.45, 2.75) is 40.2 Å². The Morgan fingerprint density at radius 2 is 2.19 bits per heavy atom. The lowest BCUT2D eigenvalue weighted by Crippen LogP contribution is -2.58. The van der Waals surface area contributed by atoms with Gasteiger partial charge in [0.15, 0.2) is 0 Å². The van der Waals surface area contributed by atoms with Crippen LogP contribution in [0.1, 0.15) is 43.7 Å². The predicted molar refractivity (Wildman–Crippen MR) is 79.9 cm³/mol. The van der Waals surface area contributed by atoms with Crippen LogP contribution in [0.2, 0.25) is 0 Å². The Morgan fingerprint density at radius 1 is 1.48 bits per heavy atom. The summed E-state index contributed by atoms with van der Waals surface area (Å²) in [5.74, 6) is 0.361. The molecular formula is C15H24N4O2. The van der Waals surface area contributed by atoms with Crippen LogP contribution in [-0.4, -0.2) is 57.5 Å². The second-order valence-corrected chi connectivity index (χ2v) is 5.97. The molecule has 6 nitrogen and oxygen atoms in total. The highest BCUT2D eigenvalue weighted by atomic mass is 16.2. The van der Waals surface area contributed by atoms with Crippen molar-refractivity contribution in [1.29, 1.82) is 0 Å². The molecule has 1 aromatic heterocycles. The number of piperazine rings is 1. The fourth-order valence-corrected chi connectivity index (χ4v) is 2.75. The number of H-pyrrole nitrogens is 1. The van der Waals surface area contributed by atoms with E-state index in [4.69, 9.17) is 0 Å². The molecule has 0 aliphatic carbocycles. The number of aromatic amines is 1. The second-order valence-electron chi connectivity index (χ2n) is 5.97. The molecule has 1 saturated heterocycles. The lowest BCUT2D eigenvalue weighted by atomic mass is 10.1. The van der Waals surface area contributed by atoms with Crippen molar-refractivity contribution in [3.8, 4) is 0 Å². The molecule has 1 fully saturated rings. The highest BCUT2D eigenvalue weighted by molar-refractivity contribution is 5.98. The van der Waals surface area contributed by atoms with Gasteiger partial charge in [-0.2, -0.15) is 5.10 Å². The zero-order chi connectivity index (χ0) is 15.6. The summed E-state index contributed by atoms with van der Waals surface area (Å²) < 4.78 is 0. The summed E-state index contributed by atoms with van der Waals surface area (Å²) in [5.41, 5.74) is 1.40. The van der Waals surface area contributed by atoms with Gasteiger partial charge in [-0.1, -0.05) is 20.8 Å².